The minimum Gasteiger partial charge on any atom is -0.491 e. The first kappa shape index (κ1) is 57.6. The van der Waals surface area contributed by atoms with Crippen LogP contribution < -0.4 is 14.2 Å². The molecule has 6 heterocycles. The van der Waals surface area contributed by atoms with E-state index in [4.69, 9.17) is 47.4 Å². The predicted octanol–water partition coefficient (Wildman–Crippen LogP) is 14.5. The van der Waals surface area contributed by atoms with Crippen LogP contribution in [-0.4, -0.2) is 96.6 Å². The summed E-state index contributed by atoms with van der Waals surface area (Å²) < 4.78 is 54.1. The minimum absolute atomic E-state index is 0.209. The van der Waals surface area contributed by atoms with Crippen LogP contribution in [0.5, 0.6) is 17.2 Å². The lowest BCUT2D eigenvalue weighted by Gasteiger charge is -2.35. The Bertz CT molecular complexity index is 3370. The largest absolute Gasteiger partial charge is 0.491 e. The van der Waals surface area contributed by atoms with Gasteiger partial charge < -0.3 is 47.4 Å². The van der Waals surface area contributed by atoms with Gasteiger partial charge in [0.05, 0.1) is 52.4 Å². The van der Waals surface area contributed by atoms with Gasteiger partial charge in [0.25, 0.3) is 0 Å². The van der Waals surface area contributed by atoms with E-state index < -0.39 is 5.60 Å². The molecule has 10 heteroatoms. The van der Waals surface area contributed by atoms with E-state index in [1.165, 1.54) is 32.7 Å². The average Bonchev–Trinajstić information content (AvgIpc) is 4.26. The molecule has 6 atom stereocenters. The number of hydrogen-bond donors (Lipinski definition) is 0. The summed E-state index contributed by atoms with van der Waals surface area (Å²) in [6.07, 6.45) is 3.19. The second kappa shape index (κ2) is 29.9. The maximum absolute atomic E-state index is 6.59. The van der Waals surface area contributed by atoms with Gasteiger partial charge in [0.15, 0.2) is 0 Å². The van der Waals surface area contributed by atoms with Crippen molar-refractivity contribution in [1.82, 2.24) is 0 Å². The van der Waals surface area contributed by atoms with E-state index in [2.05, 4.69) is 152 Å². The zero-order valence-electron chi connectivity index (χ0n) is 47.2. The Morgan fingerprint density at radius 1 is 0.321 bits per heavy atom. The van der Waals surface area contributed by atoms with Gasteiger partial charge in [-0.25, -0.2) is 0 Å². The van der Waals surface area contributed by atoms with Crippen LogP contribution in [-0.2, 0) is 45.2 Å². The third-order valence-corrected chi connectivity index (χ3v) is 14.4. The van der Waals surface area contributed by atoms with Crippen molar-refractivity contribution in [3.05, 3.63) is 295 Å². The van der Waals surface area contributed by atoms with Gasteiger partial charge in [-0.05, 0) is 74.3 Å². The zero-order valence-corrected chi connectivity index (χ0v) is 47.2. The molecule has 0 spiro atoms. The molecule has 0 aromatic heterocycles. The fourth-order valence-electron chi connectivity index (χ4n) is 9.27. The van der Waals surface area contributed by atoms with Crippen molar-refractivity contribution in [3.63, 3.8) is 0 Å². The van der Waals surface area contributed by atoms with Crippen molar-refractivity contribution in [2.24, 2.45) is 0 Å². The Kier molecular flexibility index (Phi) is 20.5. The van der Waals surface area contributed by atoms with Crippen LogP contribution in [0.25, 0.3) is 21.5 Å². The van der Waals surface area contributed by atoms with Crippen LogP contribution in [0, 0.1) is 0 Å². The van der Waals surface area contributed by atoms with E-state index in [9.17, 15) is 0 Å². The molecule has 0 bridgehead atoms. The van der Waals surface area contributed by atoms with Crippen LogP contribution in [0.4, 0.5) is 0 Å². The summed E-state index contributed by atoms with van der Waals surface area (Å²) in [5.41, 5.74) is 5.44. The topological polar surface area (TPSA) is 112 Å². The fourth-order valence-corrected chi connectivity index (χ4v) is 9.27. The van der Waals surface area contributed by atoms with Crippen molar-refractivity contribution in [3.8, 4) is 17.2 Å². The lowest BCUT2D eigenvalue weighted by molar-refractivity contribution is 0.00431. The average molecular weight is 1120 g/mol. The predicted molar refractivity (Wildman–Crippen MR) is 330 cm³/mol. The molecule has 6 fully saturated rings. The number of epoxide rings is 6. The summed E-state index contributed by atoms with van der Waals surface area (Å²) >= 11 is 0. The van der Waals surface area contributed by atoms with Crippen molar-refractivity contribution >= 4 is 21.5 Å². The van der Waals surface area contributed by atoms with Crippen LogP contribution in [0.3, 0.4) is 0 Å². The second-order valence-corrected chi connectivity index (χ2v) is 21.0. The lowest BCUT2D eigenvalue weighted by Crippen LogP contribution is -2.34. The van der Waals surface area contributed by atoms with Gasteiger partial charge in [0.1, 0.15) is 73.2 Å². The molecular formula is C74H72O10. The standard InChI is InChI=1S/C22H20O2.2C13H12O2.C9H10O2.C9H10O.C8H8O/c1-4-10-18(11-5-1)22(24-17-21-16-23-21,19-12-6-2-7-13-19)20-14-8-3-9-15-20;1-2-6-12-10(4-1)5-3-7-13(12)15-9-11-8-14-11;1-2-4-11-7-12(6-5-10(11)3-1)14-8-13-9-15-13;1-2-4-8(5-3-1)10-6-9-7-11-9;1-2-4-8(5-3-1)6-9-7-10-9;1-2-4-7(5-3-1)8-6-9-8/h1-15,21H,16-17H2;1-7,11H,8-9H2;1-7,13H,8-9H2;1-5,9H,6-7H2;1-5,9H,6-7H2;1-5,8H,6H2. The van der Waals surface area contributed by atoms with Crippen molar-refractivity contribution < 1.29 is 47.4 Å². The Labute approximate surface area is 493 Å². The van der Waals surface area contributed by atoms with Gasteiger partial charge in [-0.15, -0.1) is 0 Å². The summed E-state index contributed by atoms with van der Waals surface area (Å²) in [7, 11) is 0. The van der Waals surface area contributed by atoms with E-state index in [0.717, 1.165) is 80.0 Å². The molecule has 16 rings (SSSR count). The van der Waals surface area contributed by atoms with E-state index in [0.29, 0.717) is 56.9 Å². The molecule has 6 saturated heterocycles. The van der Waals surface area contributed by atoms with E-state index in [1.54, 1.807) is 0 Å². The van der Waals surface area contributed by atoms with Crippen LogP contribution in [0.2, 0.25) is 0 Å². The summed E-state index contributed by atoms with van der Waals surface area (Å²) in [6.45, 7) is 7.77. The molecular weight excluding hydrogens is 1050 g/mol. The van der Waals surface area contributed by atoms with Gasteiger partial charge in [-0.3, -0.25) is 0 Å². The molecule has 0 aliphatic carbocycles. The van der Waals surface area contributed by atoms with Crippen molar-refractivity contribution in [2.45, 2.75) is 48.6 Å². The molecule has 0 amide bonds. The maximum Gasteiger partial charge on any atom is 0.143 e. The van der Waals surface area contributed by atoms with E-state index in [1.807, 2.05) is 115 Å². The molecule has 10 nitrogen and oxygen atoms in total. The summed E-state index contributed by atoms with van der Waals surface area (Å²) in [6, 6.07) is 90.6. The highest BCUT2D eigenvalue weighted by molar-refractivity contribution is 5.88. The van der Waals surface area contributed by atoms with Gasteiger partial charge in [-0.1, -0.05) is 237 Å². The van der Waals surface area contributed by atoms with Crippen LogP contribution >= 0.6 is 0 Å². The van der Waals surface area contributed by atoms with Crippen molar-refractivity contribution in [2.75, 3.05) is 66.1 Å². The number of fused-ring (bicyclic) bond motifs is 2. The molecule has 428 valence electrons. The highest BCUT2D eigenvalue weighted by Gasteiger charge is 2.39. The number of ether oxygens (including phenoxy) is 10. The molecule has 84 heavy (non-hydrogen) atoms. The minimum atomic E-state index is -0.629. The zero-order chi connectivity index (χ0) is 56.9. The van der Waals surface area contributed by atoms with E-state index >= 15 is 0 Å². The molecule has 0 N–H and O–H groups in total. The van der Waals surface area contributed by atoms with Gasteiger partial charge in [-0.2, -0.15) is 0 Å². The molecule has 10 aromatic rings. The molecule has 6 unspecified atom stereocenters. The molecule has 6 aliphatic rings. The Balaban J connectivity index is 0.000000109. The fraction of sp³-hybridized carbons (Fsp3) is 0.243. The highest BCUT2D eigenvalue weighted by atomic mass is 16.6. The third kappa shape index (κ3) is 18.4. The molecule has 10 aromatic carbocycles. The highest BCUT2D eigenvalue weighted by Crippen LogP contribution is 2.41. The van der Waals surface area contributed by atoms with Gasteiger partial charge in [0.2, 0.25) is 0 Å². The summed E-state index contributed by atoms with van der Waals surface area (Å²) in [5, 5.41) is 4.84. The van der Waals surface area contributed by atoms with Crippen molar-refractivity contribution in [1.29, 1.82) is 0 Å². The first-order valence-electron chi connectivity index (χ1n) is 29.1. The van der Waals surface area contributed by atoms with Gasteiger partial charge in [0, 0.05) is 11.8 Å². The normalized spacial score (nSPS) is 19.6. The summed E-state index contributed by atoms with van der Waals surface area (Å²) in [5.74, 6) is 2.79. The molecule has 0 saturated carbocycles. The van der Waals surface area contributed by atoms with Gasteiger partial charge >= 0.3 is 0 Å². The number of hydrogen-bond acceptors (Lipinski definition) is 10. The van der Waals surface area contributed by atoms with Crippen LogP contribution in [0.1, 0.15) is 33.9 Å². The second-order valence-electron chi connectivity index (χ2n) is 21.0. The quantitative estimate of drug-likeness (QED) is 0.0608. The monoisotopic (exact) mass is 1120 g/mol. The van der Waals surface area contributed by atoms with E-state index in [-0.39, 0.29) is 6.10 Å². The van der Waals surface area contributed by atoms with Crippen LogP contribution in [0.15, 0.2) is 267 Å². The lowest BCUT2D eigenvalue weighted by atomic mass is 9.80. The summed E-state index contributed by atoms with van der Waals surface area (Å²) in [4.78, 5) is 0. The smallest absolute Gasteiger partial charge is 0.143 e. The SMILES string of the molecule is c1ccc(C(OCC2CO2)(c2ccccc2)c2ccccc2)cc1.c1ccc(C2CO2)cc1.c1ccc(CC2CO2)cc1.c1ccc(OCC2CO2)cc1.c1ccc2c(OCC3CO3)cccc2c1.c1ccc2cc(OCC3CO3)ccc2c1. The molecule has 6 aliphatic heterocycles. The maximum atomic E-state index is 6.59. The number of rotatable bonds is 18. The number of para-hydroxylation sites is 1. The molecule has 0 radical (unpaired) electrons. The number of benzene rings is 10. The Morgan fingerprint density at radius 3 is 1.26 bits per heavy atom. The Hall–Kier alpha value is -8.16. The third-order valence-electron chi connectivity index (χ3n) is 14.4. The first-order valence-corrected chi connectivity index (χ1v) is 29.1. The Morgan fingerprint density at radius 2 is 0.738 bits per heavy atom. The first-order chi connectivity index (χ1) is 41.6.